The van der Waals surface area contributed by atoms with Gasteiger partial charge in [-0.25, -0.2) is 0 Å². The summed E-state index contributed by atoms with van der Waals surface area (Å²) in [5.41, 5.74) is 0.321. The van der Waals surface area contributed by atoms with E-state index < -0.39 is 0 Å². The Labute approximate surface area is 96.4 Å². The van der Waals surface area contributed by atoms with E-state index in [2.05, 4.69) is 12.2 Å². The number of carbonyl (C=O) groups excluding carboxylic acids is 2. The molecule has 1 aliphatic heterocycles. The highest BCUT2D eigenvalue weighted by Gasteiger charge is 2.41. The summed E-state index contributed by atoms with van der Waals surface area (Å²) < 4.78 is 0. The average molecular weight is 224 g/mol. The Kier molecular flexibility index (Phi) is 2.91. The molecule has 4 heteroatoms. The molecule has 90 valence electrons. The van der Waals surface area contributed by atoms with Crippen LogP contribution >= 0.6 is 0 Å². The van der Waals surface area contributed by atoms with Crippen LogP contribution in [-0.2, 0) is 9.59 Å². The van der Waals surface area contributed by atoms with Crippen molar-refractivity contribution in [3.63, 3.8) is 0 Å². The standard InChI is InChI=1S/C12H20N2O2/c1-3-9-11(16)14(7-4-10(15)13-9)8-12(2)5-6-12/h9H,3-8H2,1-2H3,(H,13,15). The van der Waals surface area contributed by atoms with Crippen LogP contribution in [0.4, 0.5) is 0 Å². The number of carbonyl (C=O) groups is 2. The van der Waals surface area contributed by atoms with Gasteiger partial charge in [-0.1, -0.05) is 13.8 Å². The van der Waals surface area contributed by atoms with Crippen molar-refractivity contribution >= 4 is 11.8 Å². The second-order valence-electron chi connectivity index (χ2n) is 5.35. The number of nitrogens with one attached hydrogen (secondary N) is 1. The Hall–Kier alpha value is -1.06. The van der Waals surface area contributed by atoms with Gasteiger partial charge in [0, 0.05) is 19.5 Å². The van der Waals surface area contributed by atoms with Gasteiger partial charge in [-0.3, -0.25) is 9.59 Å². The van der Waals surface area contributed by atoms with Crippen LogP contribution in [0.2, 0.25) is 0 Å². The van der Waals surface area contributed by atoms with E-state index in [0.717, 1.165) is 6.54 Å². The Balaban J connectivity index is 2.05. The molecule has 2 rings (SSSR count). The van der Waals surface area contributed by atoms with E-state index in [1.54, 1.807) is 0 Å². The zero-order valence-corrected chi connectivity index (χ0v) is 10.1. The maximum Gasteiger partial charge on any atom is 0.245 e. The lowest BCUT2D eigenvalue weighted by Gasteiger charge is -2.26. The predicted molar refractivity (Wildman–Crippen MR) is 60.8 cm³/mol. The van der Waals surface area contributed by atoms with Crippen molar-refractivity contribution < 1.29 is 9.59 Å². The fraction of sp³-hybridized carbons (Fsp3) is 0.833. The zero-order chi connectivity index (χ0) is 11.8. The third-order valence-electron chi connectivity index (χ3n) is 3.64. The molecule has 2 fully saturated rings. The van der Waals surface area contributed by atoms with Crippen LogP contribution < -0.4 is 5.32 Å². The number of hydrogen-bond donors (Lipinski definition) is 1. The molecule has 0 aromatic heterocycles. The molecule has 0 aromatic rings. The molecule has 1 heterocycles. The highest BCUT2D eigenvalue weighted by atomic mass is 16.2. The van der Waals surface area contributed by atoms with Gasteiger partial charge in [0.15, 0.2) is 0 Å². The number of nitrogens with zero attached hydrogens (tertiary/aromatic N) is 1. The van der Waals surface area contributed by atoms with Crippen LogP contribution in [0.15, 0.2) is 0 Å². The summed E-state index contributed by atoms with van der Waals surface area (Å²) in [6.07, 6.45) is 3.53. The Bertz CT molecular complexity index is 310. The minimum Gasteiger partial charge on any atom is -0.344 e. The fourth-order valence-electron chi connectivity index (χ4n) is 2.16. The monoisotopic (exact) mass is 224 g/mol. The lowest BCUT2D eigenvalue weighted by Crippen LogP contribution is -2.45. The van der Waals surface area contributed by atoms with Gasteiger partial charge in [0.2, 0.25) is 11.8 Å². The van der Waals surface area contributed by atoms with Crippen molar-refractivity contribution in [3.05, 3.63) is 0 Å². The molecule has 4 nitrogen and oxygen atoms in total. The van der Waals surface area contributed by atoms with E-state index in [-0.39, 0.29) is 17.9 Å². The van der Waals surface area contributed by atoms with E-state index in [0.29, 0.717) is 24.8 Å². The van der Waals surface area contributed by atoms with Crippen LogP contribution in [0, 0.1) is 5.41 Å². The Morgan fingerprint density at radius 1 is 1.44 bits per heavy atom. The van der Waals surface area contributed by atoms with Crippen LogP contribution in [0.3, 0.4) is 0 Å². The normalized spacial score (nSPS) is 28.6. The molecular formula is C12H20N2O2. The summed E-state index contributed by atoms with van der Waals surface area (Å²) in [4.78, 5) is 25.4. The van der Waals surface area contributed by atoms with E-state index in [1.165, 1.54) is 12.8 Å². The molecule has 0 radical (unpaired) electrons. The first-order chi connectivity index (χ1) is 7.54. The smallest absolute Gasteiger partial charge is 0.245 e. The molecule has 1 saturated carbocycles. The van der Waals surface area contributed by atoms with Crippen molar-refractivity contribution in [1.29, 1.82) is 0 Å². The number of amides is 2. The third-order valence-corrected chi connectivity index (χ3v) is 3.64. The molecule has 16 heavy (non-hydrogen) atoms. The molecule has 1 unspecified atom stereocenters. The first-order valence-electron chi connectivity index (χ1n) is 6.12. The molecule has 1 aliphatic carbocycles. The molecular weight excluding hydrogens is 204 g/mol. The average Bonchev–Trinajstić information content (AvgIpc) is 2.99. The van der Waals surface area contributed by atoms with E-state index in [9.17, 15) is 9.59 Å². The zero-order valence-electron chi connectivity index (χ0n) is 10.1. The molecule has 1 atom stereocenters. The van der Waals surface area contributed by atoms with Crippen molar-refractivity contribution in [1.82, 2.24) is 10.2 Å². The highest BCUT2D eigenvalue weighted by molar-refractivity contribution is 5.89. The van der Waals surface area contributed by atoms with Crippen LogP contribution in [0.25, 0.3) is 0 Å². The minimum absolute atomic E-state index is 0.00338. The summed E-state index contributed by atoms with van der Waals surface area (Å²) in [7, 11) is 0. The van der Waals surface area contributed by atoms with Crippen LogP contribution in [-0.4, -0.2) is 35.8 Å². The van der Waals surface area contributed by atoms with Crippen molar-refractivity contribution in [3.8, 4) is 0 Å². The van der Waals surface area contributed by atoms with Crippen LogP contribution in [0.1, 0.15) is 39.5 Å². The van der Waals surface area contributed by atoms with Gasteiger partial charge in [-0.2, -0.15) is 0 Å². The predicted octanol–water partition coefficient (Wildman–Crippen LogP) is 0.914. The van der Waals surface area contributed by atoms with Gasteiger partial charge in [-0.05, 0) is 24.7 Å². The summed E-state index contributed by atoms with van der Waals surface area (Å²) in [5.74, 6) is 0.102. The number of rotatable bonds is 3. The van der Waals surface area contributed by atoms with Gasteiger partial charge < -0.3 is 10.2 Å². The second kappa shape index (κ2) is 4.07. The molecule has 2 aliphatic rings. The fourth-order valence-corrected chi connectivity index (χ4v) is 2.16. The molecule has 1 N–H and O–H groups in total. The lowest BCUT2D eigenvalue weighted by molar-refractivity contribution is -0.134. The van der Waals surface area contributed by atoms with E-state index in [1.807, 2.05) is 11.8 Å². The maximum atomic E-state index is 12.1. The van der Waals surface area contributed by atoms with E-state index >= 15 is 0 Å². The van der Waals surface area contributed by atoms with Gasteiger partial charge in [0.25, 0.3) is 0 Å². The second-order valence-corrected chi connectivity index (χ2v) is 5.35. The van der Waals surface area contributed by atoms with E-state index in [4.69, 9.17) is 0 Å². The van der Waals surface area contributed by atoms with Gasteiger partial charge in [0.1, 0.15) is 6.04 Å². The third kappa shape index (κ3) is 2.36. The van der Waals surface area contributed by atoms with Crippen molar-refractivity contribution in [2.45, 2.75) is 45.6 Å². The number of hydrogen-bond acceptors (Lipinski definition) is 2. The molecule has 1 saturated heterocycles. The minimum atomic E-state index is -0.308. The Morgan fingerprint density at radius 3 is 2.69 bits per heavy atom. The SMILES string of the molecule is CCC1NC(=O)CCN(CC2(C)CC2)C1=O. The lowest BCUT2D eigenvalue weighted by atomic mass is 10.1. The summed E-state index contributed by atoms with van der Waals surface area (Å²) in [5, 5.41) is 2.78. The molecule has 0 aromatic carbocycles. The largest absolute Gasteiger partial charge is 0.344 e. The molecule has 0 bridgehead atoms. The van der Waals surface area contributed by atoms with Crippen LogP contribution in [0.5, 0.6) is 0 Å². The first-order valence-corrected chi connectivity index (χ1v) is 6.12. The van der Waals surface area contributed by atoms with Gasteiger partial charge >= 0.3 is 0 Å². The van der Waals surface area contributed by atoms with Gasteiger partial charge in [-0.15, -0.1) is 0 Å². The van der Waals surface area contributed by atoms with Crippen molar-refractivity contribution in [2.75, 3.05) is 13.1 Å². The summed E-state index contributed by atoms with van der Waals surface area (Å²) in [6.45, 7) is 5.54. The molecule has 2 amide bonds. The quantitative estimate of drug-likeness (QED) is 0.774. The Morgan fingerprint density at radius 2 is 2.12 bits per heavy atom. The van der Waals surface area contributed by atoms with Crippen molar-refractivity contribution in [2.24, 2.45) is 5.41 Å². The summed E-state index contributed by atoms with van der Waals surface area (Å²) >= 11 is 0. The van der Waals surface area contributed by atoms with Gasteiger partial charge in [0.05, 0.1) is 0 Å². The molecule has 0 spiro atoms. The highest BCUT2D eigenvalue weighted by Crippen LogP contribution is 2.45. The first kappa shape index (κ1) is 11.4. The summed E-state index contributed by atoms with van der Waals surface area (Å²) in [6, 6.07) is -0.308. The topological polar surface area (TPSA) is 49.4 Å². The maximum absolute atomic E-state index is 12.1.